The maximum Gasteiger partial charge on any atom is 0.232 e. The molecule has 6 heteroatoms. The van der Waals surface area contributed by atoms with Gasteiger partial charge in [-0.15, -0.1) is 0 Å². The maximum absolute atomic E-state index is 13.2. The molecule has 1 fully saturated rings. The van der Waals surface area contributed by atoms with Gasteiger partial charge in [-0.1, -0.05) is 72.8 Å². The zero-order valence-electron chi connectivity index (χ0n) is 19.3. The van der Waals surface area contributed by atoms with Crippen LogP contribution < -0.4 is 16.8 Å². The smallest absolute Gasteiger partial charge is 0.232 e. The molecule has 0 radical (unpaired) electrons. The van der Waals surface area contributed by atoms with Gasteiger partial charge in [0.05, 0.1) is 0 Å². The van der Waals surface area contributed by atoms with Gasteiger partial charge in [0.2, 0.25) is 11.8 Å². The van der Waals surface area contributed by atoms with Crippen molar-refractivity contribution in [3.05, 3.63) is 102 Å². The van der Waals surface area contributed by atoms with Crippen LogP contribution in [0, 0.1) is 5.92 Å². The molecular formula is C28H32N4O2. The largest absolute Gasteiger partial charge is 0.369 e. The summed E-state index contributed by atoms with van der Waals surface area (Å²) in [5.74, 6) is -0.353. The highest BCUT2D eigenvalue weighted by Crippen LogP contribution is 2.43. The van der Waals surface area contributed by atoms with Crippen LogP contribution in [0.3, 0.4) is 0 Å². The number of carbonyl (C=O) groups is 2. The van der Waals surface area contributed by atoms with E-state index in [4.69, 9.17) is 11.5 Å². The highest BCUT2D eigenvalue weighted by atomic mass is 16.2. The van der Waals surface area contributed by atoms with E-state index in [2.05, 4.69) is 10.2 Å². The molecule has 0 aliphatic carbocycles. The molecule has 1 unspecified atom stereocenters. The van der Waals surface area contributed by atoms with Crippen LogP contribution in [0.5, 0.6) is 0 Å². The van der Waals surface area contributed by atoms with E-state index in [1.54, 1.807) is 0 Å². The highest BCUT2D eigenvalue weighted by Gasteiger charge is 2.49. The fourth-order valence-electron chi connectivity index (χ4n) is 5.12. The number of nitrogens with zero attached hydrogens (tertiary/aromatic N) is 1. The fourth-order valence-corrected chi connectivity index (χ4v) is 5.12. The van der Waals surface area contributed by atoms with Crippen molar-refractivity contribution in [1.29, 1.82) is 0 Å². The van der Waals surface area contributed by atoms with Crippen molar-refractivity contribution in [1.82, 2.24) is 4.90 Å². The molecule has 0 bridgehead atoms. The molecule has 1 atom stereocenters. The van der Waals surface area contributed by atoms with E-state index in [0.717, 1.165) is 35.3 Å². The standard InChI is InChI=1S/C28H32N4O2/c29-19-21-11-13-25(14-12-21)31-26(33)16-18-32-17-15-24(20-32)28(27(30)34,22-7-3-1-4-8-22)23-9-5-2-6-10-23/h1-14,24H,15-20,29H2,(H2,30,34)(H,31,33). The van der Waals surface area contributed by atoms with E-state index in [-0.39, 0.29) is 17.7 Å². The quantitative estimate of drug-likeness (QED) is 0.460. The Kier molecular flexibility index (Phi) is 7.40. The van der Waals surface area contributed by atoms with Crippen LogP contribution in [0.25, 0.3) is 0 Å². The molecule has 0 spiro atoms. The van der Waals surface area contributed by atoms with Crippen LogP contribution in [0.15, 0.2) is 84.9 Å². The molecule has 1 aliphatic heterocycles. The summed E-state index contributed by atoms with van der Waals surface area (Å²) in [5.41, 5.74) is 14.5. The Hall–Kier alpha value is -3.48. The minimum Gasteiger partial charge on any atom is -0.369 e. The lowest BCUT2D eigenvalue weighted by atomic mass is 9.64. The van der Waals surface area contributed by atoms with E-state index in [0.29, 0.717) is 26.1 Å². The molecular weight excluding hydrogens is 424 g/mol. The third kappa shape index (κ3) is 4.88. The summed E-state index contributed by atoms with van der Waals surface area (Å²) in [5, 5.41) is 2.95. The van der Waals surface area contributed by atoms with Gasteiger partial charge in [-0.05, 0) is 47.7 Å². The fraction of sp³-hybridized carbons (Fsp3) is 0.286. The van der Waals surface area contributed by atoms with Gasteiger partial charge in [0.1, 0.15) is 5.41 Å². The van der Waals surface area contributed by atoms with Crippen molar-refractivity contribution in [2.24, 2.45) is 17.4 Å². The van der Waals surface area contributed by atoms with Gasteiger partial charge in [-0.25, -0.2) is 0 Å². The molecule has 0 aromatic heterocycles. The van der Waals surface area contributed by atoms with Crippen molar-refractivity contribution >= 4 is 17.5 Å². The normalized spacial score (nSPS) is 16.3. The average molecular weight is 457 g/mol. The van der Waals surface area contributed by atoms with Gasteiger partial charge in [0.15, 0.2) is 0 Å². The number of nitrogens with two attached hydrogens (primary N) is 2. The van der Waals surface area contributed by atoms with E-state index in [1.807, 2.05) is 84.9 Å². The Bertz CT molecular complexity index is 1060. The molecule has 1 heterocycles. The van der Waals surface area contributed by atoms with E-state index >= 15 is 0 Å². The number of carbonyl (C=O) groups excluding carboxylic acids is 2. The molecule has 5 N–H and O–H groups in total. The molecule has 0 saturated carbocycles. The second-order valence-corrected chi connectivity index (χ2v) is 8.89. The average Bonchev–Trinajstić information content (AvgIpc) is 3.34. The van der Waals surface area contributed by atoms with Crippen LogP contribution in [-0.4, -0.2) is 36.3 Å². The van der Waals surface area contributed by atoms with Crippen molar-refractivity contribution in [3.63, 3.8) is 0 Å². The minimum absolute atomic E-state index is 0.0154. The van der Waals surface area contributed by atoms with Gasteiger partial charge < -0.3 is 21.7 Å². The monoisotopic (exact) mass is 456 g/mol. The third-order valence-electron chi connectivity index (χ3n) is 6.86. The molecule has 176 valence electrons. The van der Waals surface area contributed by atoms with Crippen LogP contribution in [0.4, 0.5) is 5.69 Å². The van der Waals surface area contributed by atoms with Gasteiger partial charge in [-0.3, -0.25) is 9.59 Å². The van der Waals surface area contributed by atoms with E-state index < -0.39 is 5.41 Å². The van der Waals surface area contributed by atoms with Gasteiger partial charge in [0, 0.05) is 31.7 Å². The van der Waals surface area contributed by atoms with Crippen LogP contribution in [0.2, 0.25) is 0 Å². The molecule has 3 aromatic rings. The molecule has 1 aliphatic rings. The highest BCUT2D eigenvalue weighted by molar-refractivity contribution is 5.92. The van der Waals surface area contributed by atoms with Crippen molar-refractivity contribution in [2.45, 2.75) is 24.8 Å². The second-order valence-electron chi connectivity index (χ2n) is 8.89. The topological polar surface area (TPSA) is 101 Å². The predicted molar refractivity (Wildman–Crippen MR) is 135 cm³/mol. The summed E-state index contributed by atoms with van der Waals surface area (Å²) in [6, 6.07) is 27.2. The molecule has 6 nitrogen and oxygen atoms in total. The molecule has 34 heavy (non-hydrogen) atoms. The second kappa shape index (κ2) is 10.6. The first-order chi connectivity index (χ1) is 16.5. The summed E-state index contributed by atoms with van der Waals surface area (Å²) in [4.78, 5) is 27.9. The minimum atomic E-state index is -0.912. The number of likely N-dealkylation sites (tertiary alicyclic amines) is 1. The lowest BCUT2D eigenvalue weighted by Gasteiger charge is -2.37. The Morgan fingerprint density at radius 3 is 2.03 bits per heavy atom. The number of amides is 2. The zero-order valence-corrected chi connectivity index (χ0v) is 19.3. The van der Waals surface area contributed by atoms with Gasteiger partial charge in [0.25, 0.3) is 0 Å². The van der Waals surface area contributed by atoms with E-state index in [1.165, 1.54) is 0 Å². The number of nitrogens with one attached hydrogen (secondary N) is 1. The number of hydrogen-bond donors (Lipinski definition) is 3. The first-order valence-electron chi connectivity index (χ1n) is 11.8. The van der Waals surface area contributed by atoms with Crippen molar-refractivity contribution in [3.8, 4) is 0 Å². The van der Waals surface area contributed by atoms with Crippen LogP contribution >= 0.6 is 0 Å². The Balaban J connectivity index is 1.47. The first-order valence-corrected chi connectivity index (χ1v) is 11.8. The number of primary amides is 1. The number of anilines is 1. The van der Waals surface area contributed by atoms with Crippen molar-refractivity contribution < 1.29 is 9.59 Å². The summed E-state index contributed by atoms with van der Waals surface area (Å²) < 4.78 is 0. The zero-order chi connectivity index (χ0) is 24.0. The Labute approximate surface area is 201 Å². The van der Waals surface area contributed by atoms with Gasteiger partial charge >= 0.3 is 0 Å². The summed E-state index contributed by atoms with van der Waals surface area (Å²) in [6.07, 6.45) is 1.21. The maximum atomic E-state index is 13.2. The SMILES string of the molecule is NCc1ccc(NC(=O)CCN2CCC(C(C(N)=O)(c3ccccc3)c3ccccc3)C2)cc1. The lowest BCUT2D eigenvalue weighted by Crippen LogP contribution is -2.49. The summed E-state index contributed by atoms with van der Waals surface area (Å²) in [7, 11) is 0. The number of rotatable bonds is 9. The van der Waals surface area contributed by atoms with Crippen LogP contribution in [-0.2, 0) is 21.5 Å². The molecule has 4 rings (SSSR count). The van der Waals surface area contributed by atoms with Crippen LogP contribution in [0.1, 0.15) is 29.5 Å². The molecule has 3 aromatic carbocycles. The van der Waals surface area contributed by atoms with Crippen molar-refractivity contribution in [2.75, 3.05) is 25.0 Å². The number of hydrogen-bond acceptors (Lipinski definition) is 4. The lowest BCUT2D eigenvalue weighted by molar-refractivity contribution is -0.124. The predicted octanol–water partition coefficient (Wildman–Crippen LogP) is 3.27. The summed E-state index contributed by atoms with van der Waals surface area (Å²) in [6.45, 7) is 2.62. The van der Waals surface area contributed by atoms with E-state index in [9.17, 15) is 9.59 Å². The van der Waals surface area contributed by atoms with Gasteiger partial charge in [-0.2, -0.15) is 0 Å². The Morgan fingerprint density at radius 2 is 1.50 bits per heavy atom. The molecule has 2 amide bonds. The molecule has 1 saturated heterocycles. The summed E-state index contributed by atoms with van der Waals surface area (Å²) >= 11 is 0. The first kappa shape index (κ1) is 23.7. The Morgan fingerprint density at radius 1 is 0.912 bits per heavy atom. The third-order valence-corrected chi connectivity index (χ3v) is 6.86. The number of benzene rings is 3.